The van der Waals surface area contributed by atoms with Crippen LogP contribution < -0.4 is 8.85 Å². The van der Waals surface area contributed by atoms with Crippen LogP contribution in [0.15, 0.2) is 18.2 Å². The first-order valence-electron chi connectivity index (χ1n) is 11.7. The molecule has 1 rings (SSSR count). The first kappa shape index (κ1) is 28.7. The lowest BCUT2D eigenvalue weighted by molar-refractivity contribution is -0.143. The number of aliphatic hydroxyl groups is 1. The van der Waals surface area contributed by atoms with E-state index in [1.807, 2.05) is 18.2 Å². The van der Waals surface area contributed by atoms with E-state index in [-0.39, 0.29) is 22.5 Å². The molecule has 0 heterocycles. The van der Waals surface area contributed by atoms with Crippen LogP contribution in [0.25, 0.3) is 0 Å². The summed E-state index contributed by atoms with van der Waals surface area (Å²) in [7, 11) is -4.14. The SMILES string of the molecule is CCOC(=O)CCC(O)Cc1ccc(O[Si](C)(C)C(C)(C)C)c(O[Si](C)(C)C(C)(C)C)c1. The number of benzene rings is 1. The van der Waals surface area contributed by atoms with Gasteiger partial charge >= 0.3 is 5.97 Å². The third kappa shape index (κ3) is 8.23. The number of carbonyl (C=O) groups is 1. The van der Waals surface area contributed by atoms with Crippen molar-refractivity contribution in [2.45, 2.75) is 110 Å². The van der Waals surface area contributed by atoms with Crippen LogP contribution in [0.4, 0.5) is 0 Å². The molecule has 0 radical (unpaired) electrons. The lowest BCUT2D eigenvalue weighted by atomic mass is 10.0. The fourth-order valence-corrected chi connectivity index (χ4v) is 4.63. The lowest BCUT2D eigenvalue weighted by Crippen LogP contribution is -2.45. The molecule has 1 atom stereocenters. The summed E-state index contributed by atoms with van der Waals surface area (Å²) < 4.78 is 18.3. The van der Waals surface area contributed by atoms with Crippen molar-refractivity contribution in [1.29, 1.82) is 0 Å². The van der Waals surface area contributed by atoms with Crippen LogP contribution in [0.1, 0.15) is 66.9 Å². The van der Waals surface area contributed by atoms with E-state index in [0.29, 0.717) is 19.4 Å². The predicted octanol–water partition coefficient (Wildman–Crippen LogP) is 6.70. The zero-order chi connectivity index (χ0) is 25.0. The minimum Gasteiger partial charge on any atom is -0.541 e. The second-order valence-electron chi connectivity index (χ2n) is 11.7. The monoisotopic (exact) mass is 482 g/mol. The van der Waals surface area contributed by atoms with E-state index in [1.165, 1.54) is 0 Å². The highest BCUT2D eigenvalue weighted by Gasteiger charge is 2.42. The quantitative estimate of drug-likeness (QED) is 0.297. The zero-order valence-corrected chi connectivity index (χ0v) is 24.2. The molecular formula is C25H46O5Si2. The number of ether oxygens (including phenoxy) is 1. The Morgan fingerprint density at radius 3 is 1.91 bits per heavy atom. The fourth-order valence-electron chi connectivity index (χ4n) is 2.59. The molecule has 5 nitrogen and oxygen atoms in total. The Morgan fingerprint density at radius 2 is 1.44 bits per heavy atom. The Bertz CT molecular complexity index is 761. The van der Waals surface area contributed by atoms with Crippen LogP contribution in [-0.2, 0) is 16.0 Å². The van der Waals surface area contributed by atoms with Gasteiger partial charge in [-0.05, 0) is 73.7 Å². The van der Waals surface area contributed by atoms with E-state index in [2.05, 4.69) is 67.7 Å². The summed E-state index contributed by atoms with van der Waals surface area (Å²) in [5, 5.41) is 10.6. The molecule has 0 aliphatic carbocycles. The van der Waals surface area contributed by atoms with Crippen molar-refractivity contribution in [3.63, 3.8) is 0 Å². The second kappa shape index (κ2) is 10.7. The van der Waals surface area contributed by atoms with Gasteiger partial charge in [0.1, 0.15) is 11.5 Å². The standard InChI is InChI=1S/C25H46O5Si2/c1-12-28-23(27)16-14-20(26)17-19-13-15-21(29-31(8,9)24(2,3)4)22(18-19)30-32(10,11)25(5,6)7/h13,15,18,20,26H,12,14,16-17H2,1-11H3. The van der Waals surface area contributed by atoms with Crippen molar-refractivity contribution >= 4 is 22.6 Å². The Hall–Kier alpha value is -1.32. The molecule has 1 aromatic carbocycles. The Labute approximate surface area is 198 Å². The van der Waals surface area contributed by atoms with Gasteiger partial charge in [-0.1, -0.05) is 47.6 Å². The Morgan fingerprint density at radius 1 is 0.938 bits per heavy atom. The summed E-state index contributed by atoms with van der Waals surface area (Å²) >= 11 is 0. The molecule has 32 heavy (non-hydrogen) atoms. The molecule has 0 amide bonds. The molecule has 0 aliphatic rings. The minimum atomic E-state index is -2.09. The normalized spacial score (nSPS) is 14.1. The van der Waals surface area contributed by atoms with Gasteiger partial charge in [-0.3, -0.25) is 4.79 Å². The van der Waals surface area contributed by atoms with Crippen LogP contribution >= 0.6 is 0 Å². The first-order valence-corrected chi connectivity index (χ1v) is 17.6. The van der Waals surface area contributed by atoms with Crippen LogP contribution in [0.3, 0.4) is 0 Å². The average molecular weight is 483 g/mol. The lowest BCUT2D eigenvalue weighted by Gasteiger charge is -2.39. The third-order valence-corrected chi connectivity index (χ3v) is 15.5. The van der Waals surface area contributed by atoms with E-state index in [4.69, 9.17) is 13.6 Å². The van der Waals surface area contributed by atoms with E-state index >= 15 is 0 Å². The average Bonchev–Trinajstić information content (AvgIpc) is 2.60. The van der Waals surface area contributed by atoms with Crippen molar-refractivity contribution in [3.8, 4) is 11.5 Å². The van der Waals surface area contributed by atoms with Gasteiger partial charge in [0.25, 0.3) is 16.6 Å². The van der Waals surface area contributed by atoms with Crippen molar-refractivity contribution < 1.29 is 23.5 Å². The molecule has 1 unspecified atom stereocenters. The molecule has 0 bridgehead atoms. The highest BCUT2D eigenvalue weighted by atomic mass is 28.4. The fraction of sp³-hybridized carbons (Fsp3) is 0.720. The van der Waals surface area contributed by atoms with Crippen LogP contribution in [0.5, 0.6) is 11.5 Å². The van der Waals surface area contributed by atoms with Crippen molar-refractivity contribution in [2.24, 2.45) is 0 Å². The third-order valence-electron chi connectivity index (χ3n) is 6.81. The maximum absolute atomic E-state index is 11.6. The summed E-state index contributed by atoms with van der Waals surface area (Å²) in [4.78, 5) is 11.6. The molecule has 0 saturated carbocycles. The van der Waals surface area contributed by atoms with Gasteiger partial charge in [-0.15, -0.1) is 0 Å². The Kier molecular flexibility index (Phi) is 9.64. The highest BCUT2D eigenvalue weighted by Crippen LogP contribution is 2.43. The van der Waals surface area contributed by atoms with Gasteiger partial charge < -0.3 is 18.7 Å². The van der Waals surface area contributed by atoms with E-state index in [1.54, 1.807) is 6.92 Å². The first-order chi connectivity index (χ1) is 14.4. The van der Waals surface area contributed by atoms with Crippen molar-refractivity contribution in [3.05, 3.63) is 23.8 Å². The Balaban J connectivity index is 3.18. The summed E-state index contributed by atoms with van der Waals surface area (Å²) in [6.07, 6.45) is 0.425. The van der Waals surface area contributed by atoms with Gasteiger partial charge in [-0.25, -0.2) is 0 Å². The van der Waals surface area contributed by atoms with Gasteiger partial charge in [0.05, 0.1) is 12.7 Å². The summed E-state index contributed by atoms with van der Waals surface area (Å²) in [6, 6.07) is 5.99. The maximum atomic E-state index is 11.6. The number of esters is 1. The predicted molar refractivity (Wildman–Crippen MR) is 138 cm³/mol. The van der Waals surface area contributed by atoms with Gasteiger partial charge in [-0.2, -0.15) is 0 Å². The molecule has 0 spiro atoms. The molecule has 0 fully saturated rings. The number of carbonyl (C=O) groups excluding carboxylic acids is 1. The van der Waals surface area contributed by atoms with Crippen molar-refractivity contribution in [2.75, 3.05) is 6.61 Å². The molecule has 0 aromatic heterocycles. The molecule has 0 aliphatic heterocycles. The van der Waals surface area contributed by atoms with Crippen LogP contribution in [-0.4, -0.2) is 40.4 Å². The molecule has 0 saturated heterocycles. The maximum Gasteiger partial charge on any atom is 0.305 e. The number of aliphatic hydroxyl groups excluding tert-OH is 1. The number of hydrogen-bond donors (Lipinski definition) is 1. The summed E-state index contributed by atoms with van der Waals surface area (Å²) in [6.45, 7) is 24.4. The van der Waals surface area contributed by atoms with E-state index in [0.717, 1.165) is 17.1 Å². The zero-order valence-electron chi connectivity index (χ0n) is 22.2. The van der Waals surface area contributed by atoms with E-state index < -0.39 is 22.7 Å². The molecule has 1 aromatic rings. The largest absolute Gasteiger partial charge is 0.541 e. The van der Waals surface area contributed by atoms with Crippen LogP contribution in [0.2, 0.25) is 36.3 Å². The van der Waals surface area contributed by atoms with Gasteiger partial charge in [0.2, 0.25) is 0 Å². The van der Waals surface area contributed by atoms with Gasteiger partial charge in [0, 0.05) is 6.42 Å². The topological polar surface area (TPSA) is 65.0 Å². The molecule has 184 valence electrons. The van der Waals surface area contributed by atoms with E-state index in [9.17, 15) is 9.90 Å². The molecule has 7 heteroatoms. The van der Waals surface area contributed by atoms with Gasteiger partial charge in [0.15, 0.2) is 0 Å². The number of rotatable bonds is 10. The summed E-state index contributed by atoms with van der Waals surface area (Å²) in [5.74, 6) is 1.27. The van der Waals surface area contributed by atoms with Crippen molar-refractivity contribution in [1.82, 2.24) is 0 Å². The second-order valence-corrected chi connectivity index (χ2v) is 21.2. The van der Waals surface area contributed by atoms with Crippen LogP contribution in [0, 0.1) is 0 Å². The molecular weight excluding hydrogens is 436 g/mol. The minimum absolute atomic E-state index is 0.0520. The summed E-state index contributed by atoms with van der Waals surface area (Å²) in [5.41, 5.74) is 0.970. The number of hydrogen-bond acceptors (Lipinski definition) is 5. The molecule has 1 N–H and O–H groups in total. The smallest absolute Gasteiger partial charge is 0.305 e. The highest BCUT2D eigenvalue weighted by molar-refractivity contribution is 6.75.